The summed E-state index contributed by atoms with van der Waals surface area (Å²) in [6.45, 7) is 15.2. The summed E-state index contributed by atoms with van der Waals surface area (Å²) in [6.07, 6.45) is 11.9. The maximum Gasteiger partial charge on any atom is 0.325 e. The van der Waals surface area contributed by atoms with Crippen LogP contribution in [-0.4, -0.2) is 62.6 Å². The summed E-state index contributed by atoms with van der Waals surface area (Å²) < 4.78 is 19.1. The molecule has 0 fully saturated rings. The Morgan fingerprint density at radius 1 is 0.796 bits per heavy atom. The van der Waals surface area contributed by atoms with Crippen LogP contribution >= 0.6 is 0 Å². The summed E-state index contributed by atoms with van der Waals surface area (Å²) in [6, 6.07) is 24.9. The number of anilines is 2. The predicted octanol–water partition coefficient (Wildman–Crippen LogP) is 8.94. The Morgan fingerprint density at radius 2 is 1.44 bits per heavy atom. The first-order chi connectivity index (χ1) is 25.9. The second-order valence-corrected chi connectivity index (χ2v) is 15.0. The van der Waals surface area contributed by atoms with Crippen molar-refractivity contribution in [2.75, 3.05) is 50.2 Å². The quantitative estimate of drug-likeness (QED) is 0.136. The maximum atomic E-state index is 12.2. The van der Waals surface area contributed by atoms with Crippen molar-refractivity contribution < 1.29 is 28.4 Å². The minimum Gasteiger partial charge on any atom is -0.468 e. The Hall–Kier alpha value is -5.37. The molecule has 0 saturated carbocycles. The molecule has 0 bridgehead atoms. The molecule has 0 atom stereocenters. The number of hydrogen-bond acceptors (Lipinski definition) is 7. The number of hydrogen-bond donors (Lipinski definition) is 0. The van der Waals surface area contributed by atoms with Gasteiger partial charge in [-0.1, -0.05) is 56.3 Å². The average molecular weight is 729 g/mol. The largest absolute Gasteiger partial charge is 0.468 e. The molecule has 0 N–H and O–H groups in total. The molecule has 8 nitrogen and oxygen atoms in total. The number of likely N-dealkylation sites (N-methyl/N-ethyl adjacent to an activating group) is 1. The van der Waals surface area contributed by atoms with E-state index in [1.165, 1.54) is 48.1 Å². The molecule has 2 aliphatic heterocycles. The third-order valence-corrected chi connectivity index (χ3v) is 11.1. The van der Waals surface area contributed by atoms with Gasteiger partial charge in [0.1, 0.15) is 31.1 Å². The van der Waals surface area contributed by atoms with Gasteiger partial charge in [-0.3, -0.25) is 9.59 Å². The molecule has 0 unspecified atom stereocenters. The second kappa shape index (κ2) is 15.9. The monoisotopic (exact) mass is 728 g/mol. The van der Waals surface area contributed by atoms with E-state index >= 15 is 0 Å². The molecule has 1 aliphatic carbocycles. The smallest absolute Gasteiger partial charge is 0.325 e. The molecule has 3 aliphatic rings. The van der Waals surface area contributed by atoms with Crippen molar-refractivity contribution in [2.24, 2.45) is 0 Å². The van der Waals surface area contributed by atoms with E-state index in [4.69, 9.17) is 14.2 Å². The molecule has 0 spiro atoms. The summed E-state index contributed by atoms with van der Waals surface area (Å²) in [4.78, 5) is 28.4. The van der Waals surface area contributed by atoms with Crippen molar-refractivity contribution in [2.45, 2.75) is 71.6 Å². The fourth-order valence-electron chi connectivity index (χ4n) is 8.20. The number of para-hydroxylation sites is 2. The summed E-state index contributed by atoms with van der Waals surface area (Å²) >= 11 is 0. The summed E-state index contributed by atoms with van der Waals surface area (Å²) in [5, 5.41) is 0. The molecule has 3 aromatic rings. The number of carbonyl (C=O) groups excluding carboxylic acids is 2. The summed E-state index contributed by atoms with van der Waals surface area (Å²) in [5.74, 6) is 0.623. The zero-order chi connectivity index (χ0) is 38.6. The number of rotatable bonds is 12. The lowest BCUT2D eigenvalue weighted by molar-refractivity contribution is -0.433. The van der Waals surface area contributed by atoms with Crippen LogP contribution in [0.15, 0.2) is 120 Å². The van der Waals surface area contributed by atoms with Crippen molar-refractivity contribution in [3.63, 3.8) is 0 Å². The fourth-order valence-corrected chi connectivity index (χ4v) is 8.20. The first kappa shape index (κ1) is 38.4. The first-order valence-electron chi connectivity index (χ1n) is 19.1. The summed E-state index contributed by atoms with van der Waals surface area (Å²) in [7, 11) is 2.66. The van der Waals surface area contributed by atoms with E-state index in [9.17, 15) is 9.59 Å². The van der Waals surface area contributed by atoms with E-state index in [0.29, 0.717) is 11.4 Å². The van der Waals surface area contributed by atoms with Crippen molar-refractivity contribution in [3.8, 4) is 5.75 Å². The minimum atomic E-state index is -0.449. The molecule has 8 heteroatoms. The van der Waals surface area contributed by atoms with Crippen molar-refractivity contribution in [1.29, 1.82) is 0 Å². The van der Waals surface area contributed by atoms with E-state index < -0.39 is 11.9 Å². The highest BCUT2D eigenvalue weighted by Crippen LogP contribution is 2.48. The molecular weight excluding hydrogens is 675 g/mol. The van der Waals surface area contributed by atoms with E-state index in [2.05, 4.69) is 124 Å². The fraction of sp³-hybridized carbons (Fsp3) is 0.370. The van der Waals surface area contributed by atoms with E-state index in [-0.39, 0.29) is 23.9 Å². The van der Waals surface area contributed by atoms with Gasteiger partial charge < -0.3 is 24.0 Å². The molecular formula is C46H54N3O5+. The Bertz CT molecular complexity index is 2050. The van der Waals surface area contributed by atoms with E-state index in [1.54, 1.807) is 4.90 Å². The third kappa shape index (κ3) is 7.39. The van der Waals surface area contributed by atoms with Crippen LogP contribution in [0.4, 0.5) is 17.1 Å². The molecule has 6 rings (SSSR count). The lowest BCUT2D eigenvalue weighted by atomic mass is 9.81. The van der Waals surface area contributed by atoms with E-state index in [0.717, 1.165) is 49.3 Å². The van der Waals surface area contributed by atoms with Gasteiger partial charge in [0, 0.05) is 46.7 Å². The molecule has 0 aromatic heterocycles. The zero-order valence-corrected chi connectivity index (χ0v) is 33.1. The van der Waals surface area contributed by atoms with E-state index in [1.807, 2.05) is 24.3 Å². The van der Waals surface area contributed by atoms with Gasteiger partial charge in [-0.05, 0) is 106 Å². The van der Waals surface area contributed by atoms with Gasteiger partial charge in [-0.25, -0.2) is 0 Å². The topological polar surface area (TPSA) is 71.3 Å². The van der Waals surface area contributed by atoms with Crippen LogP contribution < -0.4 is 14.5 Å². The van der Waals surface area contributed by atoms with Crippen LogP contribution in [0, 0.1) is 0 Å². The normalized spacial score (nSPS) is 18.7. The van der Waals surface area contributed by atoms with Crippen LogP contribution in [0.25, 0.3) is 0 Å². The van der Waals surface area contributed by atoms with Crippen molar-refractivity contribution in [3.05, 3.63) is 131 Å². The van der Waals surface area contributed by atoms with Crippen LogP contribution in [0.2, 0.25) is 0 Å². The lowest BCUT2D eigenvalue weighted by Gasteiger charge is -2.27. The van der Waals surface area contributed by atoms with Crippen LogP contribution in [0.1, 0.15) is 71.9 Å². The third-order valence-electron chi connectivity index (χ3n) is 11.1. The van der Waals surface area contributed by atoms with Gasteiger partial charge in [0.15, 0.2) is 5.71 Å². The van der Waals surface area contributed by atoms with Gasteiger partial charge in [-0.15, -0.1) is 0 Å². The number of benzene rings is 3. The molecule has 0 radical (unpaired) electrons. The number of carbonyl (C=O) groups is 2. The van der Waals surface area contributed by atoms with Gasteiger partial charge in [0.2, 0.25) is 5.69 Å². The first-order valence-corrected chi connectivity index (χ1v) is 19.1. The Kier molecular flexibility index (Phi) is 11.3. The van der Waals surface area contributed by atoms with Gasteiger partial charge >= 0.3 is 11.9 Å². The molecule has 282 valence electrons. The number of fused-ring (bicyclic) bond motifs is 2. The minimum absolute atomic E-state index is 0.0870. The lowest BCUT2D eigenvalue weighted by Crippen LogP contribution is -2.35. The maximum absolute atomic E-state index is 12.2. The Labute approximate surface area is 320 Å². The van der Waals surface area contributed by atoms with Gasteiger partial charge in [0.05, 0.1) is 19.6 Å². The van der Waals surface area contributed by atoms with Gasteiger partial charge in [0.25, 0.3) is 0 Å². The number of nitrogens with zero attached hydrogens (tertiary/aromatic N) is 3. The molecule has 2 heterocycles. The predicted molar refractivity (Wildman–Crippen MR) is 217 cm³/mol. The standard InChI is InChI=1S/C46H54N3O5/c1-9-48-38-20-13-11-18-36(38)45(3,4)40(48)28-22-32-16-15-17-33(23-29-41-46(5,6)37-19-12-14-21-39(37)49(41)10-2)44(32)54-35-26-24-34(25-27-35)47(30-42(50)52-7)31-43(51)53-8/h11-14,18-29H,9-10,15-17,30-31H2,1-8H3/q+1. The zero-order valence-electron chi connectivity index (χ0n) is 33.1. The Balaban J connectivity index is 1.41. The van der Waals surface area contributed by atoms with Crippen molar-refractivity contribution in [1.82, 2.24) is 0 Å². The van der Waals surface area contributed by atoms with Crippen LogP contribution in [0.5, 0.6) is 5.75 Å². The van der Waals surface area contributed by atoms with Crippen LogP contribution in [-0.2, 0) is 29.9 Å². The van der Waals surface area contributed by atoms with Crippen LogP contribution in [0.3, 0.4) is 0 Å². The average Bonchev–Trinajstić information content (AvgIpc) is 3.54. The highest BCUT2D eigenvalue weighted by atomic mass is 16.5. The second-order valence-electron chi connectivity index (χ2n) is 15.0. The molecule has 0 amide bonds. The highest BCUT2D eigenvalue weighted by molar-refractivity contribution is 6.03. The number of allylic oxidation sites excluding steroid dienone is 7. The molecule has 3 aromatic carbocycles. The van der Waals surface area contributed by atoms with Crippen molar-refractivity contribution >= 4 is 34.7 Å². The summed E-state index contributed by atoms with van der Waals surface area (Å²) in [5.41, 5.74) is 10.4. The molecule has 0 saturated heterocycles. The highest BCUT2D eigenvalue weighted by Gasteiger charge is 2.43. The number of ether oxygens (including phenoxy) is 3. The number of methoxy groups -OCH3 is 2. The Morgan fingerprint density at radius 3 is 2.09 bits per heavy atom. The number of esters is 2. The molecule has 54 heavy (non-hydrogen) atoms. The SMILES string of the molecule is CCN1/C(=C/C=C2\CCCC(/C=C/C3=[N+](CC)c4ccccc4C3(C)C)=C2Oc2ccc(N(CC(=O)OC)CC(=O)OC)cc2)C(C)(C)c2ccccc21. The van der Waals surface area contributed by atoms with Gasteiger partial charge in [-0.2, -0.15) is 4.58 Å².